The van der Waals surface area contributed by atoms with Crippen molar-refractivity contribution in [3.63, 3.8) is 0 Å². The van der Waals surface area contributed by atoms with E-state index in [-0.39, 0.29) is 18.1 Å². The van der Waals surface area contributed by atoms with Crippen LogP contribution in [0.5, 0.6) is 0 Å². The van der Waals surface area contributed by atoms with Gasteiger partial charge in [0.25, 0.3) is 5.56 Å². The fourth-order valence-electron chi connectivity index (χ4n) is 3.24. The average molecular weight is 420 g/mol. The lowest BCUT2D eigenvalue weighted by Crippen LogP contribution is -2.39. The van der Waals surface area contributed by atoms with Gasteiger partial charge in [0.2, 0.25) is 11.7 Å². The number of para-hydroxylation sites is 1. The molecule has 0 saturated carbocycles. The molecule has 0 saturated heterocycles. The van der Waals surface area contributed by atoms with E-state index < -0.39 is 17.1 Å². The lowest BCUT2D eigenvalue weighted by molar-refractivity contribution is 0.370. The van der Waals surface area contributed by atoms with E-state index in [1.165, 1.54) is 34.1 Å². The molecular formula is C21H13FN4O3S. The van der Waals surface area contributed by atoms with Gasteiger partial charge < -0.3 is 4.52 Å². The van der Waals surface area contributed by atoms with Crippen LogP contribution in [-0.2, 0) is 6.54 Å². The predicted octanol–water partition coefficient (Wildman–Crippen LogP) is 3.45. The molecule has 7 nitrogen and oxygen atoms in total. The summed E-state index contributed by atoms with van der Waals surface area (Å²) in [4.78, 5) is 30.5. The second-order valence-corrected chi connectivity index (χ2v) is 7.39. The Bertz CT molecular complexity index is 1480. The zero-order valence-electron chi connectivity index (χ0n) is 15.4. The second-order valence-electron chi connectivity index (χ2n) is 6.47. The molecule has 0 spiro atoms. The van der Waals surface area contributed by atoms with Crippen LogP contribution in [0, 0.1) is 5.82 Å². The fraction of sp³-hybridized carbons (Fsp3) is 0.0476. The minimum Gasteiger partial charge on any atom is -0.337 e. The first-order valence-electron chi connectivity index (χ1n) is 8.99. The quantitative estimate of drug-likeness (QED) is 0.445. The first-order chi connectivity index (χ1) is 14.6. The molecule has 2 aromatic carbocycles. The zero-order chi connectivity index (χ0) is 20.7. The van der Waals surface area contributed by atoms with Crippen molar-refractivity contribution in [2.75, 3.05) is 0 Å². The molecule has 0 amide bonds. The minimum atomic E-state index is -0.685. The lowest BCUT2D eigenvalue weighted by Gasteiger charge is -2.11. The number of fused-ring (bicyclic) bond motifs is 1. The van der Waals surface area contributed by atoms with Crippen molar-refractivity contribution < 1.29 is 8.91 Å². The Morgan fingerprint density at radius 1 is 1.00 bits per heavy atom. The molecule has 9 heteroatoms. The van der Waals surface area contributed by atoms with E-state index >= 15 is 0 Å². The molecule has 0 N–H and O–H groups in total. The summed E-state index contributed by atoms with van der Waals surface area (Å²) in [5.74, 6) is -0.0758. The number of hydrogen-bond donors (Lipinski definition) is 0. The Balaban J connectivity index is 1.66. The maximum absolute atomic E-state index is 14.4. The van der Waals surface area contributed by atoms with Crippen LogP contribution in [0.3, 0.4) is 0 Å². The summed E-state index contributed by atoms with van der Waals surface area (Å²) in [6.45, 7) is -0.0549. The molecule has 0 bridgehead atoms. The topological polar surface area (TPSA) is 82.9 Å². The van der Waals surface area contributed by atoms with E-state index in [1.807, 2.05) is 30.3 Å². The number of hydrogen-bond acceptors (Lipinski definition) is 6. The number of halogens is 1. The largest absolute Gasteiger partial charge is 0.337 e. The molecule has 5 rings (SSSR count). The second kappa shape index (κ2) is 7.20. The SMILES string of the molecule is O=c1c2sccc2n(Cc2nc(-c3ccccc3)no2)c(=O)n1-c1ccccc1F. The summed E-state index contributed by atoms with van der Waals surface area (Å²) in [6, 6.07) is 16.6. The van der Waals surface area contributed by atoms with Gasteiger partial charge in [-0.3, -0.25) is 9.36 Å². The van der Waals surface area contributed by atoms with Gasteiger partial charge >= 0.3 is 5.69 Å². The highest BCUT2D eigenvalue weighted by molar-refractivity contribution is 7.17. The van der Waals surface area contributed by atoms with Crippen molar-refractivity contribution in [2.45, 2.75) is 6.54 Å². The normalized spacial score (nSPS) is 11.2. The summed E-state index contributed by atoms with van der Waals surface area (Å²) < 4.78 is 22.2. The Morgan fingerprint density at radius 2 is 1.77 bits per heavy atom. The van der Waals surface area contributed by atoms with Gasteiger partial charge in [0.1, 0.15) is 17.1 Å². The lowest BCUT2D eigenvalue weighted by atomic mass is 10.2. The Morgan fingerprint density at radius 3 is 2.57 bits per heavy atom. The minimum absolute atomic E-state index is 0.0549. The smallest absolute Gasteiger partial charge is 0.336 e. The van der Waals surface area contributed by atoms with Crippen molar-refractivity contribution >= 4 is 21.6 Å². The van der Waals surface area contributed by atoms with Gasteiger partial charge in [0.15, 0.2) is 0 Å². The van der Waals surface area contributed by atoms with Crippen molar-refractivity contribution in [2.24, 2.45) is 0 Å². The molecule has 0 aliphatic carbocycles. The summed E-state index contributed by atoms with van der Waals surface area (Å²) >= 11 is 1.18. The molecule has 148 valence electrons. The van der Waals surface area contributed by atoms with Crippen molar-refractivity contribution in [3.8, 4) is 17.1 Å². The third kappa shape index (κ3) is 2.96. The molecule has 0 fully saturated rings. The van der Waals surface area contributed by atoms with E-state index in [0.717, 1.165) is 10.1 Å². The molecule has 0 aliphatic heterocycles. The van der Waals surface area contributed by atoms with Crippen LogP contribution in [0.15, 0.2) is 80.2 Å². The zero-order valence-corrected chi connectivity index (χ0v) is 16.2. The van der Waals surface area contributed by atoms with Crippen molar-refractivity contribution in [1.82, 2.24) is 19.3 Å². The molecule has 0 radical (unpaired) electrons. The molecule has 3 heterocycles. The summed E-state index contributed by atoms with van der Waals surface area (Å²) in [5, 5.41) is 5.67. The highest BCUT2D eigenvalue weighted by Crippen LogP contribution is 2.19. The fourth-order valence-corrected chi connectivity index (χ4v) is 4.07. The summed E-state index contributed by atoms with van der Waals surface area (Å²) in [6.07, 6.45) is 0. The Hall–Kier alpha value is -3.85. The highest BCUT2D eigenvalue weighted by Gasteiger charge is 2.19. The Kier molecular flexibility index (Phi) is 4.36. The third-order valence-corrected chi connectivity index (χ3v) is 5.53. The van der Waals surface area contributed by atoms with E-state index in [4.69, 9.17) is 4.52 Å². The number of nitrogens with zero attached hydrogens (tertiary/aromatic N) is 4. The van der Waals surface area contributed by atoms with Gasteiger partial charge in [-0.05, 0) is 23.6 Å². The van der Waals surface area contributed by atoms with Gasteiger partial charge in [-0.25, -0.2) is 13.8 Å². The van der Waals surface area contributed by atoms with Gasteiger partial charge in [-0.15, -0.1) is 11.3 Å². The highest BCUT2D eigenvalue weighted by atomic mass is 32.1. The molecular weight excluding hydrogens is 407 g/mol. The van der Waals surface area contributed by atoms with Crippen LogP contribution in [0.1, 0.15) is 5.89 Å². The van der Waals surface area contributed by atoms with Crippen LogP contribution < -0.4 is 11.2 Å². The molecule has 0 unspecified atom stereocenters. The van der Waals surface area contributed by atoms with E-state index in [9.17, 15) is 14.0 Å². The van der Waals surface area contributed by atoms with Crippen LogP contribution in [-0.4, -0.2) is 19.3 Å². The van der Waals surface area contributed by atoms with Gasteiger partial charge in [0, 0.05) is 5.56 Å². The van der Waals surface area contributed by atoms with E-state index in [2.05, 4.69) is 10.1 Å². The molecule has 5 aromatic rings. The molecule has 30 heavy (non-hydrogen) atoms. The van der Waals surface area contributed by atoms with Gasteiger partial charge in [-0.2, -0.15) is 4.98 Å². The standard InChI is InChI=1S/C21H13FN4O3S/c22-14-8-4-5-9-15(14)26-20(27)18-16(10-11-30-18)25(21(26)28)12-17-23-19(24-29-17)13-6-2-1-3-7-13/h1-11H,12H2. The Labute approximate surface area is 172 Å². The van der Waals surface area contributed by atoms with Crippen LogP contribution in [0.2, 0.25) is 0 Å². The predicted molar refractivity (Wildman–Crippen MR) is 110 cm³/mol. The van der Waals surface area contributed by atoms with Crippen LogP contribution in [0.25, 0.3) is 27.3 Å². The van der Waals surface area contributed by atoms with Gasteiger partial charge in [-0.1, -0.05) is 47.6 Å². The van der Waals surface area contributed by atoms with E-state index in [0.29, 0.717) is 16.0 Å². The monoisotopic (exact) mass is 420 g/mol. The summed E-state index contributed by atoms with van der Waals surface area (Å²) in [7, 11) is 0. The van der Waals surface area contributed by atoms with E-state index in [1.54, 1.807) is 17.5 Å². The number of aromatic nitrogens is 4. The third-order valence-electron chi connectivity index (χ3n) is 4.64. The first kappa shape index (κ1) is 18.2. The summed E-state index contributed by atoms with van der Waals surface area (Å²) in [5.41, 5.74) is -0.150. The van der Waals surface area contributed by atoms with Crippen LogP contribution in [0.4, 0.5) is 4.39 Å². The number of rotatable bonds is 4. The van der Waals surface area contributed by atoms with Crippen molar-refractivity contribution in [3.05, 3.63) is 98.6 Å². The van der Waals surface area contributed by atoms with Crippen molar-refractivity contribution in [1.29, 1.82) is 0 Å². The maximum Gasteiger partial charge on any atom is 0.336 e. The maximum atomic E-state index is 14.4. The number of benzene rings is 2. The molecule has 0 atom stereocenters. The average Bonchev–Trinajstić information content (AvgIpc) is 3.43. The molecule has 0 aliphatic rings. The first-order valence-corrected chi connectivity index (χ1v) is 9.87. The van der Waals surface area contributed by atoms with Crippen LogP contribution >= 0.6 is 11.3 Å². The molecule has 3 aromatic heterocycles. The number of thiophene rings is 1. The van der Waals surface area contributed by atoms with Gasteiger partial charge in [0.05, 0.1) is 11.2 Å².